The molecule has 1 aromatic carbocycles. The number of aryl methyl sites for hydroxylation is 1. The highest BCUT2D eigenvalue weighted by Crippen LogP contribution is 2.35. The molecular formula is C12H18N2O2. The molecule has 0 saturated carbocycles. The largest absolute Gasteiger partial charge is 0.330 e. The molecule has 0 radical (unpaired) electrons. The van der Waals surface area contributed by atoms with Crippen LogP contribution in [0.3, 0.4) is 0 Å². The molecule has 4 nitrogen and oxygen atoms in total. The quantitative estimate of drug-likeness (QED) is 0.628. The molecule has 0 amide bonds. The lowest BCUT2D eigenvalue weighted by Gasteiger charge is -2.24. The number of benzene rings is 1. The van der Waals surface area contributed by atoms with Gasteiger partial charge >= 0.3 is 0 Å². The molecule has 0 aliphatic heterocycles. The van der Waals surface area contributed by atoms with Crippen LogP contribution in [-0.4, -0.2) is 11.5 Å². The predicted octanol–water partition coefficient (Wildman–Crippen LogP) is 2.53. The van der Waals surface area contributed by atoms with Gasteiger partial charge in [0.1, 0.15) is 0 Å². The van der Waals surface area contributed by atoms with Crippen LogP contribution in [0.25, 0.3) is 0 Å². The number of nitrogens with two attached hydrogens (primary N) is 1. The molecule has 0 saturated heterocycles. The second kappa shape index (κ2) is 4.61. The van der Waals surface area contributed by atoms with E-state index in [0.29, 0.717) is 12.1 Å². The number of nitrogens with zero attached hydrogens (tertiary/aromatic N) is 1. The van der Waals surface area contributed by atoms with Crippen LogP contribution in [0, 0.1) is 17.0 Å². The molecule has 1 aromatic rings. The topological polar surface area (TPSA) is 69.2 Å². The van der Waals surface area contributed by atoms with E-state index in [-0.39, 0.29) is 16.0 Å². The molecule has 0 fully saturated rings. The standard InChI is InChI=1S/C12H18N2O2/c1-9-5-4-6-10(11(9)14(15)16)12(2,3)7-8-13/h4-6H,7-8,13H2,1-3H3. The molecule has 0 aliphatic rings. The van der Waals surface area contributed by atoms with Gasteiger partial charge in [-0.25, -0.2) is 0 Å². The molecule has 0 bridgehead atoms. The molecule has 16 heavy (non-hydrogen) atoms. The maximum atomic E-state index is 11.1. The van der Waals surface area contributed by atoms with Crippen molar-refractivity contribution in [1.82, 2.24) is 0 Å². The summed E-state index contributed by atoms with van der Waals surface area (Å²) in [5, 5.41) is 11.1. The molecule has 2 N–H and O–H groups in total. The smallest absolute Gasteiger partial charge is 0.275 e. The third kappa shape index (κ3) is 2.39. The van der Waals surface area contributed by atoms with Crippen molar-refractivity contribution in [2.45, 2.75) is 32.6 Å². The molecule has 0 aromatic heterocycles. The Bertz CT molecular complexity index is 400. The first kappa shape index (κ1) is 12.6. The van der Waals surface area contributed by atoms with E-state index in [0.717, 1.165) is 12.0 Å². The molecule has 0 atom stereocenters. The number of nitro benzene ring substituents is 1. The fourth-order valence-electron chi connectivity index (χ4n) is 1.94. The summed E-state index contributed by atoms with van der Waals surface area (Å²) in [6.07, 6.45) is 0.733. The van der Waals surface area contributed by atoms with E-state index in [1.54, 1.807) is 13.0 Å². The molecular weight excluding hydrogens is 204 g/mol. The lowest BCUT2D eigenvalue weighted by molar-refractivity contribution is -0.386. The molecule has 1 rings (SSSR count). The number of hydrogen-bond acceptors (Lipinski definition) is 3. The second-order valence-corrected chi connectivity index (χ2v) is 4.65. The van der Waals surface area contributed by atoms with Gasteiger partial charge in [-0.05, 0) is 25.3 Å². The highest BCUT2D eigenvalue weighted by atomic mass is 16.6. The monoisotopic (exact) mass is 222 g/mol. The van der Waals surface area contributed by atoms with E-state index in [1.807, 2.05) is 26.0 Å². The Morgan fingerprint density at radius 3 is 2.56 bits per heavy atom. The number of para-hydroxylation sites is 1. The minimum atomic E-state index is -0.303. The van der Waals surface area contributed by atoms with E-state index in [2.05, 4.69) is 0 Å². The van der Waals surface area contributed by atoms with Crippen LogP contribution in [0.1, 0.15) is 31.4 Å². The summed E-state index contributed by atoms with van der Waals surface area (Å²) in [6.45, 7) is 6.27. The zero-order chi connectivity index (χ0) is 12.3. The molecule has 4 heteroatoms. The van der Waals surface area contributed by atoms with Crippen LogP contribution in [0.5, 0.6) is 0 Å². The number of rotatable bonds is 4. The molecule has 88 valence electrons. The van der Waals surface area contributed by atoms with Gasteiger partial charge in [0.05, 0.1) is 4.92 Å². The van der Waals surface area contributed by atoms with Crippen LogP contribution in [0.2, 0.25) is 0 Å². The second-order valence-electron chi connectivity index (χ2n) is 4.65. The minimum absolute atomic E-state index is 0.223. The van der Waals surface area contributed by atoms with Crippen molar-refractivity contribution in [2.24, 2.45) is 5.73 Å². The van der Waals surface area contributed by atoms with Crippen molar-refractivity contribution in [3.63, 3.8) is 0 Å². The average Bonchev–Trinajstić information content (AvgIpc) is 2.16. The molecule has 0 spiro atoms. The van der Waals surface area contributed by atoms with Crippen molar-refractivity contribution >= 4 is 5.69 Å². The normalized spacial score (nSPS) is 11.5. The minimum Gasteiger partial charge on any atom is -0.330 e. The Hall–Kier alpha value is -1.42. The average molecular weight is 222 g/mol. The van der Waals surface area contributed by atoms with Crippen molar-refractivity contribution < 1.29 is 4.92 Å². The van der Waals surface area contributed by atoms with Crippen LogP contribution in [-0.2, 0) is 5.41 Å². The summed E-state index contributed by atoms with van der Waals surface area (Å²) >= 11 is 0. The number of hydrogen-bond donors (Lipinski definition) is 1. The van der Waals surface area contributed by atoms with Gasteiger partial charge in [-0.15, -0.1) is 0 Å². The fraction of sp³-hybridized carbons (Fsp3) is 0.500. The Morgan fingerprint density at radius 1 is 1.44 bits per heavy atom. The SMILES string of the molecule is Cc1cccc(C(C)(C)CCN)c1[N+](=O)[O-]. The Labute approximate surface area is 95.6 Å². The van der Waals surface area contributed by atoms with Crippen molar-refractivity contribution in [2.75, 3.05) is 6.54 Å². The zero-order valence-electron chi connectivity index (χ0n) is 9.99. The van der Waals surface area contributed by atoms with Gasteiger partial charge < -0.3 is 5.73 Å². The summed E-state index contributed by atoms with van der Waals surface area (Å²) in [6, 6.07) is 5.44. The predicted molar refractivity (Wildman–Crippen MR) is 64.5 cm³/mol. The van der Waals surface area contributed by atoms with Crippen LogP contribution in [0.4, 0.5) is 5.69 Å². The van der Waals surface area contributed by atoms with Gasteiger partial charge in [0.2, 0.25) is 0 Å². The van der Waals surface area contributed by atoms with Crippen molar-refractivity contribution in [1.29, 1.82) is 0 Å². The first-order chi connectivity index (χ1) is 7.40. The Morgan fingerprint density at radius 2 is 2.06 bits per heavy atom. The van der Waals surface area contributed by atoms with Gasteiger partial charge in [-0.1, -0.05) is 32.0 Å². The Kier molecular flexibility index (Phi) is 3.65. The van der Waals surface area contributed by atoms with Crippen LogP contribution in [0.15, 0.2) is 18.2 Å². The first-order valence-corrected chi connectivity index (χ1v) is 5.34. The third-order valence-electron chi connectivity index (χ3n) is 2.92. The van der Waals surface area contributed by atoms with E-state index >= 15 is 0 Å². The summed E-state index contributed by atoms with van der Waals surface area (Å²) in [5.41, 5.74) is 6.98. The van der Waals surface area contributed by atoms with Crippen molar-refractivity contribution in [3.05, 3.63) is 39.4 Å². The van der Waals surface area contributed by atoms with Crippen LogP contribution >= 0.6 is 0 Å². The summed E-state index contributed by atoms with van der Waals surface area (Å²) in [4.78, 5) is 10.8. The van der Waals surface area contributed by atoms with Gasteiger partial charge in [-0.2, -0.15) is 0 Å². The zero-order valence-corrected chi connectivity index (χ0v) is 9.99. The summed E-state index contributed by atoms with van der Waals surface area (Å²) in [7, 11) is 0. The van der Waals surface area contributed by atoms with Gasteiger partial charge in [0.15, 0.2) is 0 Å². The fourth-order valence-corrected chi connectivity index (χ4v) is 1.94. The summed E-state index contributed by atoms with van der Waals surface area (Å²) in [5.74, 6) is 0. The van der Waals surface area contributed by atoms with Gasteiger partial charge in [0.25, 0.3) is 5.69 Å². The highest BCUT2D eigenvalue weighted by molar-refractivity contribution is 5.50. The Balaban J connectivity index is 3.33. The maximum absolute atomic E-state index is 11.1. The third-order valence-corrected chi connectivity index (χ3v) is 2.92. The summed E-state index contributed by atoms with van der Waals surface area (Å²) < 4.78 is 0. The van der Waals surface area contributed by atoms with E-state index in [4.69, 9.17) is 5.73 Å². The lowest BCUT2D eigenvalue weighted by atomic mass is 9.80. The maximum Gasteiger partial charge on any atom is 0.275 e. The van der Waals surface area contributed by atoms with Gasteiger partial charge in [-0.3, -0.25) is 10.1 Å². The van der Waals surface area contributed by atoms with Crippen LogP contribution < -0.4 is 5.73 Å². The lowest BCUT2D eigenvalue weighted by Crippen LogP contribution is -2.23. The highest BCUT2D eigenvalue weighted by Gasteiger charge is 2.29. The molecule has 0 unspecified atom stereocenters. The molecule has 0 heterocycles. The molecule has 0 aliphatic carbocycles. The van der Waals surface area contributed by atoms with Crippen molar-refractivity contribution in [3.8, 4) is 0 Å². The van der Waals surface area contributed by atoms with E-state index < -0.39 is 0 Å². The van der Waals surface area contributed by atoms with Gasteiger partial charge in [0, 0.05) is 11.1 Å². The van der Waals surface area contributed by atoms with E-state index in [1.165, 1.54) is 0 Å². The van der Waals surface area contributed by atoms with E-state index in [9.17, 15) is 10.1 Å². The first-order valence-electron chi connectivity index (χ1n) is 5.34. The number of nitro groups is 1.